The van der Waals surface area contributed by atoms with Gasteiger partial charge in [-0.05, 0) is 62.5 Å². The molecule has 3 aliphatic rings. The van der Waals surface area contributed by atoms with Crippen molar-refractivity contribution in [2.45, 2.75) is 64.1 Å². The van der Waals surface area contributed by atoms with Gasteiger partial charge in [-0.1, -0.05) is 19.4 Å². The second-order valence-electron chi connectivity index (χ2n) is 10.1. The number of nitrogens with one attached hydrogen (secondary N) is 1. The summed E-state index contributed by atoms with van der Waals surface area (Å²) in [6.07, 6.45) is 3.23. The number of benzene rings is 1. The molecule has 2 aromatic rings. The lowest BCUT2D eigenvalue weighted by atomic mass is 9.85. The van der Waals surface area contributed by atoms with E-state index in [2.05, 4.69) is 22.0 Å². The molecule has 2 aliphatic carbocycles. The molecule has 35 heavy (non-hydrogen) atoms. The summed E-state index contributed by atoms with van der Waals surface area (Å²) in [6, 6.07) is 4.31. The first-order chi connectivity index (χ1) is 16.7. The molecule has 0 spiro atoms. The van der Waals surface area contributed by atoms with E-state index in [1.165, 1.54) is 62.1 Å². The molecule has 9 heteroatoms. The standard InChI is InChI=1S/C17H19F3N2S.C9H17NO2/c18-17(19,20)13-3-4-14-15(11-23-16(14)9-13)22-7-5-21(6-8-22)10-12-1-2-12;1-2-7-3-5-8(6-4-7)10-9(11)12/h3-4,9,11-12H,1-2,5-8,10H2;7-8,10H,2-6H2,1H3,(H,11,12)/t;7-,8-. The molecule has 2 heterocycles. The van der Waals surface area contributed by atoms with Gasteiger partial charge in [0.05, 0.1) is 11.3 Å². The van der Waals surface area contributed by atoms with E-state index >= 15 is 0 Å². The van der Waals surface area contributed by atoms with Crippen molar-refractivity contribution in [1.29, 1.82) is 0 Å². The molecule has 3 fully saturated rings. The first-order valence-corrected chi connectivity index (χ1v) is 13.7. The van der Waals surface area contributed by atoms with E-state index in [9.17, 15) is 18.0 Å². The van der Waals surface area contributed by atoms with Crippen molar-refractivity contribution in [3.8, 4) is 0 Å². The third kappa shape index (κ3) is 7.26. The lowest BCUT2D eigenvalue weighted by molar-refractivity contribution is -0.137. The van der Waals surface area contributed by atoms with Crippen molar-refractivity contribution in [1.82, 2.24) is 10.2 Å². The summed E-state index contributed by atoms with van der Waals surface area (Å²) in [4.78, 5) is 15.1. The number of halogens is 3. The molecule has 1 aromatic heterocycles. The molecule has 0 atom stereocenters. The fourth-order valence-electron chi connectivity index (χ4n) is 5.16. The fraction of sp³-hybridized carbons (Fsp3) is 0.654. The van der Waals surface area contributed by atoms with Crippen LogP contribution in [0.15, 0.2) is 23.6 Å². The SMILES string of the molecule is CC[C@H]1CC[C@H](NC(=O)O)CC1.FC(F)(F)c1ccc2c(N3CCN(CC4CC4)CC3)csc2c1. The summed E-state index contributed by atoms with van der Waals surface area (Å²) in [7, 11) is 0. The lowest BCUT2D eigenvalue weighted by Crippen LogP contribution is -2.46. The predicted octanol–water partition coefficient (Wildman–Crippen LogP) is 6.67. The zero-order valence-electron chi connectivity index (χ0n) is 20.3. The molecule has 5 rings (SSSR count). The van der Waals surface area contributed by atoms with Gasteiger partial charge >= 0.3 is 12.3 Å². The number of hydrogen-bond donors (Lipinski definition) is 2. The van der Waals surface area contributed by atoms with Crippen molar-refractivity contribution in [2.24, 2.45) is 11.8 Å². The van der Waals surface area contributed by atoms with Gasteiger partial charge in [0, 0.05) is 54.2 Å². The maximum Gasteiger partial charge on any atom is 0.416 e. The van der Waals surface area contributed by atoms with Crippen molar-refractivity contribution < 1.29 is 23.1 Å². The lowest BCUT2D eigenvalue weighted by Gasteiger charge is -2.36. The van der Waals surface area contributed by atoms with Crippen LogP contribution in [0.4, 0.5) is 23.7 Å². The molecule has 1 amide bonds. The van der Waals surface area contributed by atoms with E-state index in [4.69, 9.17) is 5.11 Å². The number of nitrogens with zero attached hydrogens (tertiary/aromatic N) is 2. The largest absolute Gasteiger partial charge is 0.465 e. The van der Waals surface area contributed by atoms with E-state index < -0.39 is 17.8 Å². The molecule has 1 aliphatic heterocycles. The summed E-state index contributed by atoms with van der Waals surface area (Å²) in [6.45, 7) is 7.44. The zero-order chi connectivity index (χ0) is 25.0. The molecule has 0 bridgehead atoms. The fourth-order valence-corrected chi connectivity index (χ4v) is 6.17. The first kappa shape index (κ1) is 26.1. The number of carboxylic acid groups (broad SMARTS) is 1. The third-order valence-corrected chi connectivity index (χ3v) is 8.49. The van der Waals surface area contributed by atoms with Crippen molar-refractivity contribution >= 4 is 33.2 Å². The molecule has 1 aromatic carbocycles. The minimum absolute atomic E-state index is 0.213. The van der Waals surface area contributed by atoms with Gasteiger partial charge < -0.3 is 15.3 Å². The molecular formula is C26H36F3N3O2S. The van der Waals surface area contributed by atoms with Crippen LogP contribution >= 0.6 is 11.3 Å². The average Bonchev–Trinajstić information content (AvgIpc) is 3.54. The molecule has 5 nitrogen and oxygen atoms in total. The minimum atomic E-state index is -4.27. The Bertz CT molecular complexity index is 976. The zero-order valence-corrected chi connectivity index (χ0v) is 21.1. The second-order valence-corrected chi connectivity index (χ2v) is 11.0. The van der Waals surface area contributed by atoms with Crippen molar-refractivity contribution in [3.63, 3.8) is 0 Å². The Morgan fingerprint density at radius 1 is 1.06 bits per heavy atom. The summed E-state index contributed by atoms with van der Waals surface area (Å²) in [5.74, 6) is 1.74. The quantitative estimate of drug-likeness (QED) is 0.471. The number of hydrogen-bond acceptors (Lipinski definition) is 4. The van der Waals surface area contributed by atoms with Gasteiger partial charge in [0.2, 0.25) is 0 Å². The van der Waals surface area contributed by atoms with Crippen LogP contribution < -0.4 is 10.2 Å². The predicted molar refractivity (Wildman–Crippen MR) is 135 cm³/mol. The number of alkyl halides is 3. The third-order valence-electron chi connectivity index (χ3n) is 7.56. The highest BCUT2D eigenvalue weighted by Crippen LogP contribution is 2.38. The van der Waals surface area contributed by atoms with E-state index in [1.54, 1.807) is 6.07 Å². The van der Waals surface area contributed by atoms with Gasteiger partial charge in [0.25, 0.3) is 0 Å². The number of anilines is 1. The van der Waals surface area contributed by atoms with Gasteiger partial charge in [-0.3, -0.25) is 4.90 Å². The Kier molecular flexibility index (Phi) is 8.47. The monoisotopic (exact) mass is 511 g/mol. The number of amides is 1. The second kappa shape index (κ2) is 11.4. The summed E-state index contributed by atoms with van der Waals surface area (Å²) < 4.78 is 39.2. The highest BCUT2D eigenvalue weighted by molar-refractivity contribution is 7.17. The molecule has 1 saturated heterocycles. The molecule has 2 saturated carbocycles. The Labute approximate surface area is 209 Å². The summed E-state index contributed by atoms with van der Waals surface area (Å²) in [5, 5.41) is 14.0. The number of carbonyl (C=O) groups is 1. The highest BCUT2D eigenvalue weighted by atomic mass is 32.1. The minimum Gasteiger partial charge on any atom is -0.465 e. The summed E-state index contributed by atoms with van der Waals surface area (Å²) in [5.41, 5.74) is 0.525. The van der Waals surface area contributed by atoms with E-state index in [0.29, 0.717) is 0 Å². The van der Waals surface area contributed by atoms with Gasteiger partial charge in [-0.15, -0.1) is 11.3 Å². The van der Waals surface area contributed by atoms with Gasteiger partial charge in [-0.2, -0.15) is 13.2 Å². The van der Waals surface area contributed by atoms with Crippen LogP contribution in [0.1, 0.15) is 57.4 Å². The van der Waals surface area contributed by atoms with Crippen molar-refractivity contribution in [2.75, 3.05) is 37.6 Å². The molecule has 2 N–H and O–H groups in total. The molecule has 194 valence electrons. The Balaban J connectivity index is 0.000000204. The molecular weight excluding hydrogens is 475 g/mol. The topological polar surface area (TPSA) is 55.8 Å². The van der Waals surface area contributed by atoms with Crippen molar-refractivity contribution in [3.05, 3.63) is 29.1 Å². The van der Waals surface area contributed by atoms with Crippen LogP contribution in [0.3, 0.4) is 0 Å². The number of rotatable bonds is 5. The Hall–Kier alpha value is -2.00. The van der Waals surface area contributed by atoms with Crippen LogP contribution in [0.2, 0.25) is 0 Å². The number of piperazine rings is 1. The van der Waals surface area contributed by atoms with Crippen LogP contribution in [0.5, 0.6) is 0 Å². The van der Waals surface area contributed by atoms with Crippen LogP contribution in [0, 0.1) is 11.8 Å². The Morgan fingerprint density at radius 2 is 1.71 bits per heavy atom. The maximum absolute atomic E-state index is 12.8. The van der Waals surface area contributed by atoms with E-state index in [0.717, 1.165) is 66.6 Å². The normalized spacial score (nSPS) is 23.6. The van der Waals surface area contributed by atoms with Gasteiger partial charge in [0.15, 0.2) is 0 Å². The smallest absolute Gasteiger partial charge is 0.416 e. The highest BCUT2D eigenvalue weighted by Gasteiger charge is 2.31. The van der Waals surface area contributed by atoms with Gasteiger partial charge in [0.1, 0.15) is 0 Å². The maximum atomic E-state index is 12.8. The number of thiophene rings is 1. The van der Waals surface area contributed by atoms with Crippen LogP contribution in [0.25, 0.3) is 10.1 Å². The number of fused-ring (bicyclic) bond motifs is 1. The van der Waals surface area contributed by atoms with Crippen LogP contribution in [-0.4, -0.2) is 54.9 Å². The summed E-state index contributed by atoms with van der Waals surface area (Å²) >= 11 is 1.40. The van der Waals surface area contributed by atoms with E-state index in [-0.39, 0.29) is 6.04 Å². The van der Waals surface area contributed by atoms with Crippen LogP contribution in [-0.2, 0) is 6.18 Å². The molecule has 0 radical (unpaired) electrons. The molecule has 0 unspecified atom stereocenters. The average molecular weight is 512 g/mol. The van der Waals surface area contributed by atoms with Gasteiger partial charge in [-0.25, -0.2) is 4.79 Å². The Morgan fingerprint density at radius 3 is 2.29 bits per heavy atom. The first-order valence-electron chi connectivity index (χ1n) is 12.8. The van der Waals surface area contributed by atoms with E-state index in [1.807, 2.05) is 5.38 Å².